The first kappa shape index (κ1) is 16.3. The van der Waals surface area contributed by atoms with E-state index in [1.807, 2.05) is 32.0 Å². The average molecular weight is 321 g/mol. The number of hydrogen-bond acceptors (Lipinski definition) is 2. The molecule has 0 heterocycles. The number of amides is 1. The van der Waals surface area contributed by atoms with Gasteiger partial charge in [-0.05, 0) is 43.2 Å². The lowest BCUT2D eigenvalue weighted by molar-refractivity contribution is -0.115. The molecule has 0 saturated heterocycles. The Kier molecular flexibility index (Phi) is 5.39. The number of halogens is 2. The summed E-state index contributed by atoms with van der Waals surface area (Å²) in [7, 11) is 0. The Morgan fingerprint density at radius 2 is 1.86 bits per heavy atom. The van der Waals surface area contributed by atoms with Crippen molar-refractivity contribution in [1.82, 2.24) is 0 Å². The third-order valence-corrected chi connectivity index (χ3v) is 3.63. The first-order valence-electron chi connectivity index (χ1n) is 7.02. The molecule has 5 heteroatoms. The Bertz CT molecular complexity index is 668. The molecule has 3 nitrogen and oxygen atoms in total. The Balaban J connectivity index is 1.86. The van der Waals surface area contributed by atoms with Gasteiger partial charge in [-0.25, -0.2) is 4.39 Å². The van der Waals surface area contributed by atoms with Gasteiger partial charge in [-0.3, -0.25) is 4.79 Å². The maximum Gasteiger partial charge on any atom is 0.226 e. The van der Waals surface area contributed by atoms with Crippen molar-refractivity contribution in [2.24, 2.45) is 0 Å². The predicted octanol–water partition coefficient (Wildman–Crippen LogP) is 4.54. The molecule has 0 aliphatic heterocycles. The Morgan fingerprint density at radius 3 is 2.50 bits per heavy atom. The first-order chi connectivity index (χ1) is 10.5. The summed E-state index contributed by atoms with van der Waals surface area (Å²) in [6.07, 6.45) is 0.308. The summed E-state index contributed by atoms with van der Waals surface area (Å²) in [5.41, 5.74) is 3.83. The van der Waals surface area contributed by atoms with Gasteiger partial charge in [-0.15, -0.1) is 0 Å². The number of aryl methyl sites for hydroxylation is 2. The van der Waals surface area contributed by atoms with Crippen LogP contribution in [0.1, 0.15) is 17.5 Å². The summed E-state index contributed by atoms with van der Waals surface area (Å²) in [6.45, 7) is 4.57. The summed E-state index contributed by atoms with van der Waals surface area (Å²) in [5, 5.41) is 5.96. The lowest BCUT2D eigenvalue weighted by Crippen LogP contribution is -2.16. The van der Waals surface area contributed by atoms with Crippen LogP contribution in [0.4, 0.5) is 15.8 Å². The maximum absolute atomic E-state index is 13.0. The van der Waals surface area contributed by atoms with E-state index in [-0.39, 0.29) is 10.9 Å². The van der Waals surface area contributed by atoms with Crippen LogP contribution in [0.15, 0.2) is 36.4 Å². The molecule has 0 aliphatic rings. The van der Waals surface area contributed by atoms with Crippen molar-refractivity contribution >= 4 is 28.9 Å². The fourth-order valence-corrected chi connectivity index (χ4v) is 2.37. The number of para-hydroxylation sites is 1. The van der Waals surface area contributed by atoms with E-state index >= 15 is 0 Å². The molecule has 2 N–H and O–H groups in total. The molecular weight excluding hydrogens is 303 g/mol. The number of benzene rings is 2. The smallest absolute Gasteiger partial charge is 0.226 e. The molecular formula is C17H18ClFN2O. The van der Waals surface area contributed by atoms with Crippen molar-refractivity contribution in [2.75, 3.05) is 17.2 Å². The molecule has 2 rings (SSSR count). The number of carbonyl (C=O) groups is 1. The molecule has 116 valence electrons. The van der Waals surface area contributed by atoms with Gasteiger partial charge in [-0.1, -0.05) is 29.8 Å². The van der Waals surface area contributed by atoms with E-state index in [9.17, 15) is 9.18 Å². The molecule has 0 aliphatic carbocycles. The molecule has 0 saturated carbocycles. The fraction of sp³-hybridized carbons (Fsp3) is 0.235. The number of carbonyl (C=O) groups excluding carboxylic acids is 1. The lowest BCUT2D eigenvalue weighted by Gasteiger charge is -2.12. The molecule has 0 bridgehead atoms. The molecule has 22 heavy (non-hydrogen) atoms. The Morgan fingerprint density at radius 1 is 1.18 bits per heavy atom. The molecule has 1 amide bonds. The van der Waals surface area contributed by atoms with Crippen LogP contribution < -0.4 is 10.6 Å². The monoisotopic (exact) mass is 320 g/mol. The number of nitrogens with one attached hydrogen (secondary N) is 2. The van der Waals surface area contributed by atoms with Crippen LogP contribution in [0, 0.1) is 19.7 Å². The molecule has 0 fully saturated rings. The van der Waals surface area contributed by atoms with Crippen molar-refractivity contribution in [3.8, 4) is 0 Å². The lowest BCUT2D eigenvalue weighted by atomic mass is 10.1. The van der Waals surface area contributed by atoms with Gasteiger partial charge in [0.05, 0.1) is 5.02 Å². The van der Waals surface area contributed by atoms with Gasteiger partial charge in [0.25, 0.3) is 0 Å². The third kappa shape index (κ3) is 4.21. The second-order valence-corrected chi connectivity index (χ2v) is 5.53. The van der Waals surface area contributed by atoms with Gasteiger partial charge in [0.15, 0.2) is 0 Å². The van der Waals surface area contributed by atoms with E-state index in [4.69, 9.17) is 11.6 Å². The van der Waals surface area contributed by atoms with E-state index < -0.39 is 5.82 Å². The normalized spacial score (nSPS) is 10.4. The van der Waals surface area contributed by atoms with Crippen molar-refractivity contribution in [2.45, 2.75) is 20.3 Å². The van der Waals surface area contributed by atoms with Gasteiger partial charge >= 0.3 is 0 Å². The van der Waals surface area contributed by atoms with Crippen LogP contribution >= 0.6 is 11.6 Å². The van der Waals surface area contributed by atoms with Gasteiger partial charge in [0.1, 0.15) is 5.82 Å². The first-order valence-corrected chi connectivity index (χ1v) is 7.40. The number of anilines is 2. The highest BCUT2D eigenvalue weighted by molar-refractivity contribution is 6.31. The van der Waals surface area contributed by atoms with E-state index in [1.165, 1.54) is 18.2 Å². The van der Waals surface area contributed by atoms with Gasteiger partial charge in [0.2, 0.25) is 5.91 Å². The molecule has 0 atom stereocenters. The Hall–Kier alpha value is -2.07. The van der Waals surface area contributed by atoms with Crippen molar-refractivity contribution < 1.29 is 9.18 Å². The summed E-state index contributed by atoms with van der Waals surface area (Å²) < 4.78 is 13.0. The summed E-state index contributed by atoms with van der Waals surface area (Å²) in [5.74, 6) is -0.655. The van der Waals surface area contributed by atoms with E-state index in [0.717, 1.165) is 16.8 Å². The van der Waals surface area contributed by atoms with E-state index in [1.54, 1.807) is 0 Å². The zero-order chi connectivity index (χ0) is 16.1. The van der Waals surface area contributed by atoms with Crippen molar-refractivity contribution in [1.29, 1.82) is 0 Å². The zero-order valence-electron chi connectivity index (χ0n) is 12.5. The fourth-order valence-electron chi connectivity index (χ4n) is 2.19. The average Bonchev–Trinajstić information content (AvgIpc) is 2.46. The Labute approximate surface area is 134 Å². The summed E-state index contributed by atoms with van der Waals surface area (Å²) >= 11 is 5.68. The minimum atomic E-state index is -0.503. The van der Waals surface area contributed by atoms with Crippen LogP contribution in [0.25, 0.3) is 0 Å². The van der Waals surface area contributed by atoms with Crippen LogP contribution in [0.3, 0.4) is 0 Å². The second-order valence-electron chi connectivity index (χ2n) is 5.12. The van der Waals surface area contributed by atoms with Gasteiger partial charge in [-0.2, -0.15) is 0 Å². The molecule has 0 unspecified atom stereocenters. The molecule has 2 aromatic rings. The third-order valence-electron chi connectivity index (χ3n) is 3.34. The minimum Gasteiger partial charge on any atom is -0.384 e. The van der Waals surface area contributed by atoms with Crippen LogP contribution in [0.5, 0.6) is 0 Å². The number of hydrogen-bond donors (Lipinski definition) is 2. The highest BCUT2D eigenvalue weighted by atomic mass is 35.5. The molecule has 0 radical (unpaired) electrons. The summed E-state index contributed by atoms with van der Waals surface area (Å²) in [6, 6.07) is 10.2. The predicted molar refractivity (Wildman–Crippen MR) is 89.1 cm³/mol. The quantitative estimate of drug-likeness (QED) is 0.849. The van der Waals surface area contributed by atoms with Crippen LogP contribution in [0.2, 0.25) is 5.02 Å². The highest BCUT2D eigenvalue weighted by Gasteiger charge is 2.06. The van der Waals surface area contributed by atoms with E-state index in [0.29, 0.717) is 18.7 Å². The van der Waals surface area contributed by atoms with Crippen LogP contribution in [-0.4, -0.2) is 12.5 Å². The topological polar surface area (TPSA) is 41.1 Å². The van der Waals surface area contributed by atoms with Crippen molar-refractivity contribution in [3.63, 3.8) is 0 Å². The molecule has 0 spiro atoms. The maximum atomic E-state index is 13.0. The van der Waals surface area contributed by atoms with Gasteiger partial charge < -0.3 is 10.6 Å². The standard InChI is InChI=1S/C17H18ClFN2O/c1-11-4-3-5-12(2)17(11)20-9-8-16(22)21-13-6-7-15(19)14(18)10-13/h3-7,10,20H,8-9H2,1-2H3,(H,21,22). The molecule has 0 aromatic heterocycles. The zero-order valence-corrected chi connectivity index (χ0v) is 13.3. The SMILES string of the molecule is Cc1cccc(C)c1NCCC(=O)Nc1ccc(F)c(Cl)c1. The van der Waals surface area contributed by atoms with Crippen LogP contribution in [-0.2, 0) is 4.79 Å². The van der Waals surface area contributed by atoms with Crippen molar-refractivity contribution in [3.05, 3.63) is 58.4 Å². The summed E-state index contributed by atoms with van der Waals surface area (Å²) in [4.78, 5) is 11.9. The number of rotatable bonds is 5. The van der Waals surface area contributed by atoms with Gasteiger partial charge in [0, 0.05) is 24.3 Å². The minimum absolute atomic E-state index is 0.00791. The molecule has 2 aromatic carbocycles. The second kappa shape index (κ2) is 7.27. The van der Waals surface area contributed by atoms with E-state index in [2.05, 4.69) is 10.6 Å². The largest absolute Gasteiger partial charge is 0.384 e. The highest BCUT2D eigenvalue weighted by Crippen LogP contribution is 2.20.